The molecule has 86 valence electrons. The zero-order valence-corrected chi connectivity index (χ0v) is 9.36. The normalized spacial score (nSPS) is 29.5. The molecule has 1 atom stereocenters. The van der Waals surface area contributed by atoms with Crippen LogP contribution in [-0.2, 0) is 9.53 Å². The molecule has 0 saturated carbocycles. The van der Waals surface area contributed by atoms with Crippen molar-refractivity contribution in [2.24, 2.45) is 11.8 Å². The van der Waals surface area contributed by atoms with Crippen molar-refractivity contribution < 1.29 is 9.53 Å². The van der Waals surface area contributed by atoms with E-state index in [4.69, 9.17) is 4.74 Å². The lowest BCUT2D eigenvalue weighted by Gasteiger charge is -2.30. The minimum atomic E-state index is 0.330. The van der Waals surface area contributed by atoms with E-state index in [0.717, 1.165) is 51.3 Å². The third-order valence-corrected chi connectivity index (χ3v) is 3.70. The second-order valence-corrected chi connectivity index (χ2v) is 4.83. The molecule has 0 aromatic heterocycles. The van der Waals surface area contributed by atoms with E-state index < -0.39 is 0 Å². The van der Waals surface area contributed by atoms with E-state index in [2.05, 4.69) is 4.90 Å². The van der Waals surface area contributed by atoms with Crippen LogP contribution in [0.2, 0.25) is 0 Å². The summed E-state index contributed by atoms with van der Waals surface area (Å²) in [6.07, 6.45) is 5.76. The van der Waals surface area contributed by atoms with E-state index in [-0.39, 0.29) is 0 Å². The Kier molecular flexibility index (Phi) is 4.15. The number of likely N-dealkylation sites (tertiary alicyclic amines) is 1. The summed E-state index contributed by atoms with van der Waals surface area (Å²) < 4.78 is 5.37. The number of aldehydes is 1. The topological polar surface area (TPSA) is 29.5 Å². The Balaban J connectivity index is 1.61. The molecule has 15 heavy (non-hydrogen) atoms. The molecule has 2 fully saturated rings. The molecule has 0 amide bonds. The third-order valence-electron chi connectivity index (χ3n) is 3.70. The molecule has 2 saturated heterocycles. The maximum Gasteiger partial charge on any atom is 0.123 e. The molecular formula is C12H21NO2. The van der Waals surface area contributed by atoms with E-state index >= 15 is 0 Å². The number of nitrogens with zero attached hydrogens (tertiary/aromatic N) is 1. The molecule has 2 heterocycles. The summed E-state index contributed by atoms with van der Waals surface area (Å²) in [6.45, 7) is 5.33. The zero-order valence-electron chi connectivity index (χ0n) is 9.36. The molecule has 2 aliphatic rings. The Morgan fingerprint density at radius 2 is 2.07 bits per heavy atom. The van der Waals surface area contributed by atoms with Crippen LogP contribution in [-0.4, -0.2) is 44.0 Å². The van der Waals surface area contributed by atoms with E-state index in [0.29, 0.717) is 5.92 Å². The molecule has 0 aliphatic carbocycles. The highest BCUT2D eigenvalue weighted by molar-refractivity contribution is 5.53. The largest absolute Gasteiger partial charge is 0.381 e. The van der Waals surface area contributed by atoms with Gasteiger partial charge in [0.25, 0.3) is 0 Å². The molecule has 0 N–H and O–H groups in total. The summed E-state index contributed by atoms with van der Waals surface area (Å²) in [5.41, 5.74) is 0. The van der Waals surface area contributed by atoms with Gasteiger partial charge in [0.1, 0.15) is 6.29 Å². The average molecular weight is 211 g/mol. The van der Waals surface area contributed by atoms with Gasteiger partial charge in [-0.3, -0.25) is 0 Å². The van der Waals surface area contributed by atoms with Gasteiger partial charge in [0.2, 0.25) is 0 Å². The van der Waals surface area contributed by atoms with Gasteiger partial charge < -0.3 is 14.4 Å². The van der Waals surface area contributed by atoms with Gasteiger partial charge in [-0.15, -0.1) is 0 Å². The molecular weight excluding hydrogens is 190 g/mol. The molecule has 3 heteroatoms. The number of hydrogen-bond acceptors (Lipinski definition) is 3. The smallest absolute Gasteiger partial charge is 0.123 e. The van der Waals surface area contributed by atoms with Crippen molar-refractivity contribution in [2.45, 2.75) is 25.7 Å². The minimum Gasteiger partial charge on any atom is -0.381 e. The van der Waals surface area contributed by atoms with Crippen LogP contribution in [0.3, 0.4) is 0 Å². The van der Waals surface area contributed by atoms with Crippen LogP contribution >= 0.6 is 0 Å². The van der Waals surface area contributed by atoms with Crippen molar-refractivity contribution in [3.63, 3.8) is 0 Å². The van der Waals surface area contributed by atoms with Crippen LogP contribution in [0, 0.1) is 11.8 Å². The minimum absolute atomic E-state index is 0.330. The number of ether oxygens (including phenoxy) is 1. The lowest BCUT2D eigenvalue weighted by atomic mass is 9.97. The van der Waals surface area contributed by atoms with Gasteiger partial charge in [0, 0.05) is 19.1 Å². The summed E-state index contributed by atoms with van der Waals surface area (Å²) in [5.74, 6) is 1.12. The van der Waals surface area contributed by atoms with Crippen LogP contribution in [0.4, 0.5) is 0 Å². The van der Waals surface area contributed by atoms with E-state index in [1.165, 1.54) is 19.4 Å². The molecule has 0 spiro atoms. The van der Waals surface area contributed by atoms with Crippen molar-refractivity contribution >= 4 is 6.29 Å². The predicted octanol–water partition coefficient (Wildman–Crippen LogP) is 1.32. The van der Waals surface area contributed by atoms with Crippen molar-refractivity contribution in [2.75, 3.05) is 32.8 Å². The van der Waals surface area contributed by atoms with E-state index in [9.17, 15) is 4.79 Å². The monoisotopic (exact) mass is 211 g/mol. The first kappa shape index (κ1) is 11.1. The first-order valence-electron chi connectivity index (χ1n) is 6.14. The SMILES string of the molecule is O=CC1CCN(CCC2CCOC2)CC1. The van der Waals surface area contributed by atoms with Gasteiger partial charge in [0.15, 0.2) is 0 Å². The molecule has 0 bridgehead atoms. The van der Waals surface area contributed by atoms with Gasteiger partial charge in [-0.25, -0.2) is 0 Å². The highest BCUT2D eigenvalue weighted by atomic mass is 16.5. The summed E-state index contributed by atoms with van der Waals surface area (Å²) >= 11 is 0. The fourth-order valence-electron chi connectivity index (χ4n) is 2.49. The van der Waals surface area contributed by atoms with Gasteiger partial charge in [0.05, 0.1) is 0 Å². The molecule has 0 radical (unpaired) electrons. The number of piperidine rings is 1. The van der Waals surface area contributed by atoms with Crippen molar-refractivity contribution in [3.8, 4) is 0 Å². The first-order chi connectivity index (χ1) is 7.38. The van der Waals surface area contributed by atoms with E-state index in [1.807, 2.05) is 0 Å². The molecule has 0 aromatic rings. The Hall–Kier alpha value is -0.410. The van der Waals surface area contributed by atoms with Crippen molar-refractivity contribution in [3.05, 3.63) is 0 Å². The Bertz CT molecular complexity index is 194. The van der Waals surface area contributed by atoms with Gasteiger partial charge in [-0.2, -0.15) is 0 Å². The highest BCUT2D eigenvalue weighted by Crippen LogP contribution is 2.19. The second kappa shape index (κ2) is 5.61. The second-order valence-electron chi connectivity index (χ2n) is 4.83. The van der Waals surface area contributed by atoms with Crippen LogP contribution in [0.1, 0.15) is 25.7 Å². The summed E-state index contributed by atoms with van der Waals surface area (Å²) in [6, 6.07) is 0. The fourth-order valence-corrected chi connectivity index (χ4v) is 2.49. The lowest BCUT2D eigenvalue weighted by Crippen LogP contribution is -2.35. The van der Waals surface area contributed by atoms with Crippen LogP contribution < -0.4 is 0 Å². The number of hydrogen-bond donors (Lipinski definition) is 0. The number of carbonyl (C=O) groups is 1. The van der Waals surface area contributed by atoms with Gasteiger partial charge in [-0.1, -0.05) is 0 Å². The Morgan fingerprint density at radius 3 is 2.67 bits per heavy atom. The third kappa shape index (κ3) is 3.28. The lowest BCUT2D eigenvalue weighted by molar-refractivity contribution is -0.112. The average Bonchev–Trinajstić information content (AvgIpc) is 2.80. The first-order valence-corrected chi connectivity index (χ1v) is 6.14. The number of rotatable bonds is 4. The quantitative estimate of drug-likeness (QED) is 0.657. The van der Waals surface area contributed by atoms with E-state index in [1.54, 1.807) is 0 Å². The van der Waals surface area contributed by atoms with Crippen molar-refractivity contribution in [1.29, 1.82) is 0 Å². The highest BCUT2D eigenvalue weighted by Gasteiger charge is 2.20. The molecule has 0 aromatic carbocycles. The van der Waals surface area contributed by atoms with Crippen LogP contribution in [0.15, 0.2) is 0 Å². The molecule has 2 aliphatic heterocycles. The zero-order chi connectivity index (χ0) is 10.5. The standard InChI is InChI=1S/C12H21NO2/c14-9-11-1-5-13(6-2-11)7-3-12-4-8-15-10-12/h9,11-12H,1-8,10H2. The predicted molar refractivity (Wildman–Crippen MR) is 58.8 cm³/mol. The molecule has 1 unspecified atom stereocenters. The summed E-state index contributed by atoms with van der Waals surface area (Å²) in [5, 5.41) is 0. The maximum absolute atomic E-state index is 10.6. The Labute approximate surface area is 91.8 Å². The van der Waals surface area contributed by atoms with Gasteiger partial charge in [-0.05, 0) is 51.2 Å². The molecule has 3 nitrogen and oxygen atoms in total. The maximum atomic E-state index is 10.6. The number of carbonyl (C=O) groups excluding carboxylic acids is 1. The van der Waals surface area contributed by atoms with Crippen molar-refractivity contribution in [1.82, 2.24) is 4.90 Å². The van der Waals surface area contributed by atoms with Crippen LogP contribution in [0.25, 0.3) is 0 Å². The van der Waals surface area contributed by atoms with Gasteiger partial charge >= 0.3 is 0 Å². The molecule has 2 rings (SSSR count). The van der Waals surface area contributed by atoms with Crippen LogP contribution in [0.5, 0.6) is 0 Å². The summed E-state index contributed by atoms with van der Waals surface area (Å²) in [4.78, 5) is 13.1. The fraction of sp³-hybridized carbons (Fsp3) is 0.917. The summed E-state index contributed by atoms with van der Waals surface area (Å²) in [7, 11) is 0. The Morgan fingerprint density at radius 1 is 1.27 bits per heavy atom.